The van der Waals surface area contributed by atoms with Gasteiger partial charge in [0.15, 0.2) is 5.65 Å². The predicted octanol–water partition coefficient (Wildman–Crippen LogP) is 4.19. The smallest absolute Gasteiger partial charge is 0.254 e. The molecule has 0 aliphatic carbocycles. The second-order valence-corrected chi connectivity index (χ2v) is 6.71. The third-order valence-electron chi connectivity index (χ3n) is 4.70. The molecule has 0 saturated carbocycles. The molecule has 0 aliphatic rings. The fourth-order valence-corrected chi connectivity index (χ4v) is 3.15. The summed E-state index contributed by atoms with van der Waals surface area (Å²) in [5, 5.41) is 7.77. The van der Waals surface area contributed by atoms with Crippen LogP contribution >= 0.6 is 0 Å². The quantitative estimate of drug-likeness (QED) is 0.725. The van der Waals surface area contributed by atoms with E-state index in [9.17, 15) is 4.79 Å². The van der Waals surface area contributed by atoms with E-state index in [4.69, 9.17) is 5.10 Å². The van der Waals surface area contributed by atoms with E-state index in [1.54, 1.807) is 6.20 Å². The monoisotopic (exact) mass is 350 g/mol. The molecule has 136 valence electrons. The number of carbonyl (C=O) groups excluding carboxylic acids is 1. The van der Waals surface area contributed by atoms with Gasteiger partial charge in [-0.15, -0.1) is 0 Å². The molecule has 26 heavy (non-hydrogen) atoms. The van der Waals surface area contributed by atoms with E-state index < -0.39 is 0 Å². The highest BCUT2D eigenvalue weighted by atomic mass is 16.1. The minimum atomic E-state index is -0.0772. The summed E-state index contributed by atoms with van der Waals surface area (Å²) in [7, 11) is 0. The van der Waals surface area contributed by atoms with Gasteiger partial charge >= 0.3 is 0 Å². The zero-order valence-corrected chi connectivity index (χ0v) is 15.9. The molecule has 3 rings (SSSR count). The van der Waals surface area contributed by atoms with Crippen molar-refractivity contribution >= 4 is 11.6 Å². The highest BCUT2D eigenvalue weighted by molar-refractivity contribution is 5.96. The van der Waals surface area contributed by atoms with Crippen LogP contribution < -0.4 is 5.32 Å². The summed E-state index contributed by atoms with van der Waals surface area (Å²) >= 11 is 0. The van der Waals surface area contributed by atoms with E-state index in [-0.39, 0.29) is 11.9 Å². The molecule has 5 heteroatoms. The molecule has 5 nitrogen and oxygen atoms in total. The Morgan fingerprint density at radius 3 is 2.62 bits per heavy atom. The molecule has 0 bridgehead atoms. The van der Waals surface area contributed by atoms with Crippen molar-refractivity contribution in [1.82, 2.24) is 19.9 Å². The van der Waals surface area contributed by atoms with E-state index in [0.29, 0.717) is 5.56 Å². The van der Waals surface area contributed by atoms with Gasteiger partial charge in [0.2, 0.25) is 0 Å². The maximum absolute atomic E-state index is 12.7. The van der Waals surface area contributed by atoms with E-state index in [1.807, 2.05) is 36.6 Å². The van der Waals surface area contributed by atoms with E-state index >= 15 is 0 Å². The van der Waals surface area contributed by atoms with Crippen molar-refractivity contribution in [2.24, 2.45) is 0 Å². The van der Waals surface area contributed by atoms with Crippen LogP contribution in [-0.4, -0.2) is 26.5 Å². The maximum atomic E-state index is 12.7. The van der Waals surface area contributed by atoms with Crippen LogP contribution in [-0.2, 0) is 6.42 Å². The van der Waals surface area contributed by atoms with Gasteiger partial charge in [-0.25, -0.2) is 9.50 Å². The lowest BCUT2D eigenvalue weighted by Crippen LogP contribution is -2.33. The number of amides is 1. The zero-order chi connectivity index (χ0) is 18.7. The topological polar surface area (TPSA) is 59.3 Å². The minimum absolute atomic E-state index is 0.0772. The first-order valence-electron chi connectivity index (χ1n) is 9.30. The Balaban J connectivity index is 2.16. The van der Waals surface area contributed by atoms with Crippen molar-refractivity contribution in [1.29, 1.82) is 0 Å². The highest BCUT2D eigenvalue weighted by Gasteiger charge is 2.21. The molecule has 0 spiro atoms. The molecule has 0 aliphatic heterocycles. The van der Waals surface area contributed by atoms with Crippen LogP contribution in [0.5, 0.6) is 0 Å². The summed E-state index contributed by atoms with van der Waals surface area (Å²) in [5.41, 5.74) is 5.37. The van der Waals surface area contributed by atoms with Crippen LogP contribution in [0.1, 0.15) is 55.4 Å². The number of benzene rings is 1. The lowest BCUT2D eigenvalue weighted by Gasteiger charge is -2.14. The number of nitrogens with one attached hydrogen (secondary N) is 1. The molecule has 0 unspecified atom stereocenters. The number of aryl methyl sites for hydroxylation is 2. The van der Waals surface area contributed by atoms with Gasteiger partial charge in [-0.05, 0) is 32.3 Å². The van der Waals surface area contributed by atoms with Gasteiger partial charge in [-0.3, -0.25) is 4.79 Å². The second kappa shape index (κ2) is 7.68. The van der Waals surface area contributed by atoms with Crippen molar-refractivity contribution in [3.05, 3.63) is 53.5 Å². The fraction of sp³-hybridized carbons (Fsp3) is 0.381. The largest absolute Gasteiger partial charge is 0.349 e. The van der Waals surface area contributed by atoms with Gasteiger partial charge in [0.05, 0.1) is 17.0 Å². The summed E-state index contributed by atoms with van der Waals surface area (Å²) in [6, 6.07) is 10.3. The number of aromatic nitrogens is 3. The normalized spacial score (nSPS) is 12.3. The average Bonchev–Trinajstić information content (AvgIpc) is 2.99. The van der Waals surface area contributed by atoms with E-state index in [1.165, 1.54) is 0 Å². The SMILES string of the molecule is CCCc1c(C(=O)N[C@@H](C)CC)cnc2c(-c3ccccc3)c(C)nn12. The van der Waals surface area contributed by atoms with Crippen LogP contribution in [0.15, 0.2) is 36.5 Å². The van der Waals surface area contributed by atoms with E-state index in [2.05, 4.69) is 36.3 Å². The molecule has 1 atom stereocenters. The molecular formula is C21H26N4O. The third kappa shape index (κ3) is 3.34. The molecule has 1 amide bonds. The summed E-state index contributed by atoms with van der Waals surface area (Å²) in [5.74, 6) is -0.0772. The Bertz CT molecular complexity index is 915. The van der Waals surface area contributed by atoms with Crippen molar-refractivity contribution in [2.75, 3.05) is 0 Å². The van der Waals surface area contributed by atoms with E-state index in [0.717, 1.165) is 47.4 Å². The van der Waals surface area contributed by atoms with Crippen molar-refractivity contribution in [3.8, 4) is 11.1 Å². The number of fused-ring (bicyclic) bond motifs is 1. The van der Waals surface area contributed by atoms with Gasteiger partial charge < -0.3 is 5.32 Å². The Morgan fingerprint density at radius 2 is 1.96 bits per heavy atom. The summed E-state index contributed by atoms with van der Waals surface area (Å²) in [6.07, 6.45) is 4.30. The Hall–Kier alpha value is -2.69. The molecule has 2 heterocycles. The standard InChI is InChI=1S/C21H26N4O/c1-5-10-18-17(21(26)23-14(3)6-2)13-22-20-19(15(4)24-25(18)20)16-11-8-7-9-12-16/h7-9,11-14H,5-6,10H2,1-4H3,(H,23,26)/t14-/m0/s1. The van der Waals surface area contributed by atoms with Gasteiger partial charge in [-0.2, -0.15) is 5.10 Å². The first-order chi connectivity index (χ1) is 12.6. The molecule has 2 aromatic heterocycles. The number of hydrogen-bond acceptors (Lipinski definition) is 3. The average molecular weight is 350 g/mol. The molecule has 0 radical (unpaired) electrons. The molecule has 0 fully saturated rings. The Kier molecular flexibility index (Phi) is 5.35. The van der Waals surface area contributed by atoms with Gasteiger partial charge in [-0.1, -0.05) is 50.6 Å². The Labute approximate surface area is 154 Å². The van der Waals surface area contributed by atoms with Crippen LogP contribution in [0.4, 0.5) is 0 Å². The molecule has 1 aromatic carbocycles. The van der Waals surface area contributed by atoms with Crippen molar-refractivity contribution in [3.63, 3.8) is 0 Å². The number of carbonyl (C=O) groups is 1. The lowest BCUT2D eigenvalue weighted by molar-refractivity contribution is 0.0937. The fourth-order valence-electron chi connectivity index (χ4n) is 3.15. The van der Waals surface area contributed by atoms with Gasteiger partial charge in [0, 0.05) is 17.8 Å². The van der Waals surface area contributed by atoms with Crippen LogP contribution in [0.2, 0.25) is 0 Å². The first-order valence-corrected chi connectivity index (χ1v) is 9.30. The summed E-state index contributed by atoms with van der Waals surface area (Å²) in [6.45, 7) is 8.17. The first kappa shape index (κ1) is 18.1. The van der Waals surface area contributed by atoms with Crippen LogP contribution in [0.3, 0.4) is 0 Å². The van der Waals surface area contributed by atoms with Crippen molar-refractivity contribution < 1.29 is 4.79 Å². The molecule has 3 aromatic rings. The second-order valence-electron chi connectivity index (χ2n) is 6.71. The molecule has 0 saturated heterocycles. The lowest BCUT2D eigenvalue weighted by atomic mass is 10.1. The van der Waals surface area contributed by atoms with Crippen molar-refractivity contribution in [2.45, 2.75) is 53.0 Å². The van der Waals surface area contributed by atoms with Gasteiger partial charge in [0.1, 0.15) is 0 Å². The predicted molar refractivity (Wildman–Crippen MR) is 104 cm³/mol. The highest BCUT2D eigenvalue weighted by Crippen LogP contribution is 2.28. The number of rotatable bonds is 6. The zero-order valence-electron chi connectivity index (χ0n) is 15.9. The summed E-state index contributed by atoms with van der Waals surface area (Å²) in [4.78, 5) is 17.3. The Morgan fingerprint density at radius 1 is 1.23 bits per heavy atom. The maximum Gasteiger partial charge on any atom is 0.254 e. The summed E-state index contributed by atoms with van der Waals surface area (Å²) < 4.78 is 1.85. The van der Waals surface area contributed by atoms with Crippen LogP contribution in [0, 0.1) is 6.92 Å². The number of hydrogen-bond donors (Lipinski definition) is 1. The molecule has 1 N–H and O–H groups in total. The third-order valence-corrected chi connectivity index (χ3v) is 4.70. The number of nitrogens with zero attached hydrogens (tertiary/aromatic N) is 3. The molecular weight excluding hydrogens is 324 g/mol. The minimum Gasteiger partial charge on any atom is -0.349 e. The van der Waals surface area contributed by atoms with Crippen LogP contribution in [0.25, 0.3) is 16.8 Å². The van der Waals surface area contributed by atoms with Gasteiger partial charge in [0.25, 0.3) is 5.91 Å².